The quantitative estimate of drug-likeness (QED) is 0.351. The molecule has 3 aromatic carbocycles. The number of nitrogens with zero attached hydrogens (tertiary/aromatic N) is 1. The minimum Gasteiger partial charge on any atom is -0.494 e. The molecule has 1 amide bonds. The molecule has 0 radical (unpaired) electrons. The molecule has 0 fully saturated rings. The summed E-state index contributed by atoms with van der Waals surface area (Å²) in [6.45, 7) is 4.83. The van der Waals surface area contributed by atoms with E-state index in [1.165, 1.54) is 12.1 Å². The topological polar surface area (TPSA) is 59.8 Å². The van der Waals surface area contributed by atoms with Crippen LogP contribution < -0.4 is 15.1 Å². The molecule has 0 N–H and O–H groups in total. The summed E-state index contributed by atoms with van der Waals surface area (Å²) in [5, 5.41) is 0.107. The van der Waals surface area contributed by atoms with Crippen LogP contribution >= 0.6 is 0 Å². The van der Waals surface area contributed by atoms with Crippen LogP contribution in [0.2, 0.25) is 0 Å². The Hall–Kier alpha value is -3.93. The number of hydrogen-bond acceptors (Lipinski definition) is 4. The molecular formula is C28H24FNO4. The number of hydrogen-bond donors (Lipinski definition) is 0. The Morgan fingerprint density at radius 2 is 1.79 bits per heavy atom. The second-order valence-electron chi connectivity index (χ2n) is 8.83. The van der Waals surface area contributed by atoms with E-state index in [-0.39, 0.29) is 22.3 Å². The molecular weight excluding hydrogens is 433 g/mol. The molecule has 5 nitrogen and oxygen atoms in total. The molecule has 0 spiro atoms. The number of para-hydroxylation sites is 1. The lowest BCUT2D eigenvalue weighted by Crippen LogP contribution is -2.29. The van der Waals surface area contributed by atoms with Gasteiger partial charge in [-0.1, -0.05) is 44.2 Å². The maximum atomic E-state index is 14.0. The number of anilines is 1. The molecule has 0 aliphatic carbocycles. The molecule has 34 heavy (non-hydrogen) atoms. The third kappa shape index (κ3) is 3.85. The molecule has 0 bridgehead atoms. The van der Waals surface area contributed by atoms with Gasteiger partial charge in [-0.3, -0.25) is 14.5 Å². The second kappa shape index (κ2) is 8.78. The lowest BCUT2D eigenvalue weighted by molar-refractivity contribution is 0.0971. The Balaban J connectivity index is 1.68. The summed E-state index contributed by atoms with van der Waals surface area (Å²) in [7, 11) is 0. The molecule has 1 aliphatic heterocycles. The number of rotatable bonds is 6. The Kier molecular flexibility index (Phi) is 5.65. The van der Waals surface area contributed by atoms with Crippen LogP contribution in [0.3, 0.4) is 0 Å². The number of benzene rings is 3. The van der Waals surface area contributed by atoms with Crippen molar-refractivity contribution in [2.45, 2.75) is 26.3 Å². The van der Waals surface area contributed by atoms with Crippen LogP contribution in [0.1, 0.15) is 48.0 Å². The van der Waals surface area contributed by atoms with Gasteiger partial charge >= 0.3 is 0 Å². The zero-order valence-corrected chi connectivity index (χ0v) is 19.0. The van der Waals surface area contributed by atoms with Crippen molar-refractivity contribution in [1.29, 1.82) is 0 Å². The SMILES string of the molecule is CC(C)CCOc1cccc(C2c3c(oc4ccc(F)cc4c3=O)C(=O)N2c2ccccc2)c1. The number of halogens is 1. The largest absolute Gasteiger partial charge is 0.494 e. The van der Waals surface area contributed by atoms with E-state index in [0.717, 1.165) is 12.5 Å². The van der Waals surface area contributed by atoms with Gasteiger partial charge in [0.15, 0.2) is 5.43 Å². The van der Waals surface area contributed by atoms with E-state index in [2.05, 4.69) is 13.8 Å². The molecule has 1 aliphatic rings. The van der Waals surface area contributed by atoms with E-state index in [0.29, 0.717) is 29.5 Å². The normalized spacial score (nSPS) is 15.2. The average molecular weight is 458 g/mol. The Morgan fingerprint density at radius 3 is 2.56 bits per heavy atom. The van der Waals surface area contributed by atoms with Gasteiger partial charge in [-0.25, -0.2) is 4.39 Å². The van der Waals surface area contributed by atoms with Gasteiger partial charge in [-0.2, -0.15) is 0 Å². The van der Waals surface area contributed by atoms with E-state index in [1.54, 1.807) is 4.90 Å². The molecule has 1 aromatic heterocycles. The third-order valence-electron chi connectivity index (χ3n) is 6.00. The van der Waals surface area contributed by atoms with Gasteiger partial charge in [0.1, 0.15) is 17.1 Å². The summed E-state index contributed by atoms with van der Waals surface area (Å²) < 4.78 is 25.8. The average Bonchev–Trinajstić information content (AvgIpc) is 3.13. The fraction of sp³-hybridized carbons (Fsp3) is 0.214. The van der Waals surface area contributed by atoms with Gasteiger partial charge in [0.05, 0.1) is 23.6 Å². The zero-order chi connectivity index (χ0) is 23.8. The number of ether oxygens (including phenoxy) is 1. The van der Waals surface area contributed by atoms with Crippen LogP contribution in [0.25, 0.3) is 11.0 Å². The van der Waals surface area contributed by atoms with Crippen LogP contribution in [-0.4, -0.2) is 12.5 Å². The highest BCUT2D eigenvalue weighted by molar-refractivity contribution is 6.10. The molecule has 5 rings (SSSR count). The van der Waals surface area contributed by atoms with E-state index < -0.39 is 23.2 Å². The molecule has 2 heterocycles. The highest BCUT2D eigenvalue weighted by atomic mass is 19.1. The van der Waals surface area contributed by atoms with Crippen LogP contribution in [-0.2, 0) is 0 Å². The van der Waals surface area contributed by atoms with E-state index >= 15 is 0 Å². The molecule has 1 unspecified atom stereocenters. The number of carbonyl (C=O) groups is 1. The summed E-state index contributed by atoms with van der Waals surface area (Å²) in [5.41, 5.74) is 1.30. The van der Waals surface area contributed by atoms with Gasteiger partial charge in [0.2, 0.25) is 5.76 Å². The van der Waals surface area contributed by atoms with Gasteiger partial charge < -0.3 is 9.15 Å². The van der Waals surface area contributed by atoms with Crippen molar-refractivity contribution in [3.63, 3.8) is 0 Å². The number of carbonyl (C=O) groups excluding carboxylic acids is 1. The Bertz CT molecular complexity index is 1430. The zero-order valence-electron chi connectivity index (χ0n) is 19.0. The highest BCUT2D eigenvalue weighted by Crippen LogP contribution is 2.41. The first-order valence-electron chi connectivity index (χ1n) is 11.3. The van der Waals surface area contributed by atoms with Crippen molar-refractivity contribution < 1.29 is 18.3 Å². The fourth-order valence-electron chi connectivity index (χ4n) is 4.30. The lowest BCUT2D eigenvalue weighted by Gasteiger charge is -2.25. The van der Waals surface area contributed by atoms with E-state index in [9.17, 15) is 14.0 Å². The first kappa shape index (κ1) is 21.9. The lowest BCUT2D eigenvalue weighted by atomic mass is 9.98. The predicted octanol–water partition coefficient (Wildman–Crippen LogP) is 6.11. The van der Waals surface area contributed by atoms with Crippen molar-refractivity contribution in [2.24, 2.45) is 5.92 Å². The predicted molar refractivity (Wildman–Crippen MR) is 129 cm³/mol. The summed E-state index contributed by atoms with van der Waals surface area (Å²) in [5.74, 6) is 0.184. The maximum absolute atomic E-state index is 14.0. The van der Waals surface area contributed by atoms with Gasteiger partial charge in [0, 0.05) is 5.69 Å². The van der Waals surface area contributed by atoms with Gasteiger partial charge in [-0.05, 0) is 60.4 Å². The summed E-state index contributed by atoms with van der Waals surface area (Å²) in [4.78, 5) is 28.7. The summed E-state index contributed by atoms with van der Waals surface area (Å²) in [6, 6.07) is 19.5. The monoisotopic (exact) mass is 457 g/mol. The number of fused-ring (bicyclic) bond motifs is 2. The molecule has 172 valence electrons. The van der Waals surface area contributed by atoms with Crippen molar-refractivity contribution >= 4 is 22.6 Å². The first-order chi connectivity index (χ1) is 16.4. The van der Waals surface area contributed by atoms with Crippen LogP contribution in [0.4, 0.5) is 10.1 Å². The van der Waals surface area contributed by atoms with Crippen LogP contribution in [0, 0.1) is 11.7 Å². The molecule has 4 aromatic rings. The first-order valence-corrected chi connectivity index (χ1v) is 11.3. The van der Waals surface area contributed by atoms with Crippen molar-refractivity contribution in [1.82, 2.24) is 0 Å². The third-order valence-corrected chi connectivity index (χ3v) is 6.00. The second-order valence-corrected chi connectivity index (χ2v) is 8.83. The highest BCUT2D eigenvalue weighted by Gasteiger charge is 2.43. The summed E-state index contributed by atoms with van der Waals surface area (Å²) in [6.07, 6.45) is 0.909. The molecule has 1 atom stereocenters. The number of amides is 1. The van der Waals surface area contributed by atoms with Crippen molar-refractivity contribution in [2.75, 3.05) is 11.5 Å². The van der Waals surface area contributed by atoms with E-state index in [4.69, 9.17) is 9.15 Å². The Labute approximate surface area is 196 Å². The fourth-order valence-corrected chi connectivity index (χ4v) is 4.30. The van der Waals surface area contributed by atoms with Crippen LogP contribution in [0.5, 0.6) is 5.75 Å². The Morgan fingerprint density at radius 1 is 1.00 bits per heavy atom. The minimum absolute atomic E-state index is 0.0240. The summed E-state index contributed by atoms with van der Waals surface area (Å²) >= 11 is 0. The van der Waals surface area contributed by atoms with E-state index in [1.807, 2.05) is 54.6 Å². The molecule has 0 saturated carbocycles. The molecule has 0 saturated heterocycles. The minimum atomic E-state index is -0.734. The van der Waals surface area contributed by atoms with Gasteiger partial charge in [0.25, 0.3) is 5.91 Å². The maximum Gasteiger partial charge on any atom is 0.295 e. The van der Waals surface area contributed by atoms with Crippen molar-refractivity contribution in [3.05, 3.63) is 106 Å². The van der Waals surface area contributed by atoms with Crippen LogP contribution in [0.15, 0.2) is 82.0 Å². The van der Waals surface area contributed by atoms with Gasteiger partial charge in [-0.15, -0.1) is 0 Å². The molecule has 6 heteroatoms. The smallest absolute Gasteiger partial charge is 0.295 e. The standard InChI is InChI=1S/C28H24FNO4/c1-17(2)13-14-33-21-10-6-7-18(15-21)25-24-26(31)22-16-19(29)11-12-23(22)34-27(24)28(32)30(25)20-8-4-3-5-9-20/h3-12,15-17,25H,13-14H2,1-2H3. The van der Waals surface area contributed by atoms with Crippen molar-refractivity contribution in [3.8, 4) is 5.75 Å².